The Morgan fingerprint density at radius 3 is 1.63 bits per heavy atom. The van der Waals surface area contributed by atoms with Crippen molar-refractivity contribution in [2.24, 2.45) is 11.5 Å². The van der Waals surface area contributed by atoms with Gasteiger partial charge in [-0.3, -0.25) is 4.57 Å². The number of rotatable bonds is 10. The molecular formula is C22H29N2O2P. The Bertz CT molecular complexity index is 714. The molecule has 0 aliphatic rings. The van der Waals surface area contributed by atoms with Crippen molar-refractivity contribution in [2.45, 2.75) is 31.3 Å². The van der Waals surface area contributed by atoms with E-state index in [4.69, 9.17) is 16.0 Å². The first-order valence-electron chi connectivity index (χ1n) is 9.24. The van der Waals surface area contributed by atoms with Crippen LogP contribution in [0.2, 0.25) is 0 Å². The van der Waals surface area contributed by atoms with Crippen molar-refractivity contribution in [1.29, 1.82) is 0 Å². The minimum Gasteiger partial charge on any atom is -0.327 e. The summed E-state index contributed by atoms with van der Waals surface area (Å²) in [5.41, 5.74) is 14.6. The third-order valence-corrected chi connectivity index (χ3v) is 7.16. The Morgan fingerprint density at radius 1 is 0.852 bits per heavy atom. The summed E-state index contributed by atoms with van der Waals surface area (Å²) >= 11 is 0. The molecule has 4 N–H and O–H groups in total. The molecule has 0 aromatic heterocycles. The van der Waals surface area contributed by atoms with Gasteiger partial charge in [-0.15, -0.1) is 0 Å². The molecule has 2 unspecified atom stereocenters. The summed E-state index contributed by atoms with van der Waals surface area (Å²) in [6.07, 6.45) is 8.69. The third-order valence-electron chi connectivity index (χ3n) is 4.23. The van der Waals surface area contributed by atoms with Crippen molar-refractivity contribution in [3.8, 4) is 0 Å². The largest absolute Gasteiger partial charge is 0.327 e. The molecule has 0 aliphatic carbocycles. The normalized spacial score (nSPS) is 16.4. The summed E-state index contributed by atoms with van der Waals surface area (Å²) in [5.74, 6) is -1.25. The molecule has 0 heterocycles. The van der Waals surface area contributed by atoms with Crippen LogP contribution in [0.1, 0.15) is 30.9 Å². The van der Waals surface area contributed by atoms with E-state index in [1.165, 1.54) is 0 Å². The van der Waals surface area contributed by atoms with Crippen LogP contribution < -0.4 is 11.5 Å². The van der Waals surface area contributed by atoms with E-state index in [0.717, 1.165) is 11.1 Å². The lowest BCUT2D eigenvalue weighted by molar-refractivity contribution is 0.317. The summed E-state index contributed by atoms with van der Waals surface area (Å²) in [6.45, 7) is 2.13. The standard InChI is InChI=1S/C22H29N2O2P/c1-2-26-27(25,21(23)17-9-15-19-11-5-3-6-12-19)22(24)18-10-16-20-13-7-4-8-14-20/h3-16,21-22H,2,17-18,23-24H2,1H3/b15-9+,16-10+. The van der Waals surface area contributed by atoms with Gasteiger partial charge in [0.25, 0.3) is 0 Å². The van der Waals surface area contributed by atoms with Gasteiger partial charge >= 0.3 is 0 Å². The predicted molar refractivity (Wildman–Crippen MR) is 115 cm³/mol. The first-order valence-corrected chi connectivity index (χ1v) is 11.0. The number of hydrogen-bond acceptors (Lipinski definition) is 4. The number of hydrogen-bond donors (Lipinski definition) is 2. The molecule has 144 valence electrons. The van der Waals surface area contributed by atoms with Gasteiger partial charge in [0.1, 0.15) is 0 Å². The number of benzene rings is 2. The maximum atomic E-state index is 13.4. The van der Waals surface area contributed by atoms with E-state index in [2.05, 4.69) is 0 Å². The van der Waals surface area contributed by atoms with Crippen LogP contribution in [-0.4, -0.2) is 18.2 Å². The van der Waals surface area contributed by atoms with Crippen molar-refractivity contribution in [1.82, 2.24) is 0 Å². The summed E-state index contributed by atoms with van der Waals surface area (Å²) in [6, 6.07) is 19.8. The van der Waals surface area contributed by atoms with E-state index in [1.54, 1.807) is 0 Å². The van der Waals surface area contributed by atoms with Gasteiger partial charge in [-0.05, 0) is 30.9 Å². The van der Waals surface area contributed by atoms with Crippen LogP contribution >= 0.6 is 7.37 Å². The second kappa shape index (κ2) is 11.0. The van der Waals surface area contributed by atoms with Crippen LogP contribution in [0.25, 0.3) is 12.2 Å². The monoisotopic (exact) mass is 384 g/mol. The molecule has 0 spiro atoms. The van der Waals surface area contributed by atoms with Crippen molar-refractivity contribution < 1.29 is 9.09 Å². The van der Waals surface area contributed by atoms with E-state index in [-0.39, 0.29) is 0 Å². The smallest absolute Gasteiger partial charge is 0.236 e. The lowest BCUT2D eigenvalue weighted by Crippen LogP contribution is -2.32. The molecule has 0 saturated carbocycles. The summed E-state index contributed by atoms with van der Waals surface area (Å²) in [5, 5.41) is 0. The highest BCUT2D eigenvalue weighted by molar-refractivity contribution is 7.60. The maximum absolute atomic E-state index is 13.4. The highest BCUT2D eigenvalue weighted by Crippen LogP contribution is 2.55. The fraction of sp³-hybridized carbons (Fsp3) is 0.273. The minimum atomic E-state index is -3.19. The van der Waals surface area contributed by atoms with E-state index in [0.29, 0.717) is 19.4 Å². The molecule has 4 nitrogen and oxygen atoms in total. The second-order valence-electron chi connectivity index (χ2n) is 6.30. The molecule has 0 saturated heterocycles. The molecule has 5 heteroatoms. The third kappa shape index (κ3) is 6.60. The lowest BCUT2D eigenvalue weighted by Gasteiger charge is -2.28. The SMILES string of the molecule is CCOP(=O)(C(N)C/C=C/c1ccccc1)C(N)C/C=C/c1ccccc1. The van der Waals surface area contributed by atoms with Crippen LogP contribution in [-0.2, 0) is 9.09 Å². The summed E-state index contributed by atoms with van der Waals surface area (Å²) in [7, 11) is -3.19. The lowest BCUT2D eigenvalue weighted by atomic mass is 10.2. The van der Waals surface area contributed by atoms with Gasteiger partial charge in [-0.2, -0.15) is 0 Å². The van der Waals surface area contributed by atoms with Crippen LogP contribution in [0.3, 0.4) is 0 Å². The summed E-state index contributed by atoms with van der Waals surface area (Å²) in [4.78, 5) is 0. The average Bonchev–Trinajstić information content (AvgIpc) is 2.69. The van der Waals surface area contributed by atoms with Crippen molar-refractivity contribution in [2.75, 3.05) is 6.61 Å². The Kier molecular flexibility index (Phi) is 8.70. The first-order chi connectivity index (χ1) is 13.1. The predicted octanol–water partition coefficient (Wildman–Crippen LogP) is 5.08. The van der Waals surface area contributed by atoms with Crippen LogP contribution in [0.4, 0.5) is 0 Å². The zero-order chi connectivity index (χ0) is 19.5. The van der Waals surface area contributed by atoms with Gasteiger partial charge in [0, 0.05) is 0 Å². The van der Waals surface area contributed by atoms with Gasteiger partial charge < -0.3 is 16.0 Å². The van der Waals surface area contributed by atoms with Gasteiger partial charge in [0.2, 0.25) is 7.37 Å². The highest BCUT2D eigenvalue weighted by Gasteiger charge is 2.36. The van der Waals surface area contributed by atoms with Gasteiger partial charge in [-0.1, -0.05) is 85.0 Å². The molecule has 0 bridgehead atoms. The van der Waals surface area contributed by atoms with Crippen LogP contribution in [0.15, 0.2) is 72.8 Å². The average molecular weight is 384 g/mol. The molecule has 0 aliphatic heterocycles. The van der Waals surface area contributed by atoms with Gasteiger partial charge in [0.05, 0.1) is 18.2 Å². The molecule has 2 rings (SSSR count). The van der Waals surface area contributed by atoms with Crippen molar-refractivity contribution in [3.05, 3.63) is 83.9 Å². The summed E-state index contributed by atoms with van der Waals surface area (Å²) < 4.78 is 19.0. The highest BCUT2D eigenvalue weighted by atomic mass is 31.2. The fourth-order valence-electron chi connectivity index (χ4n) is 2.75. The maximum Gasteiger partial charge on any atom is 0.236 e. The molecular weight excluding hydrogens is 355 g/mol. The van der Waals surface area contributed by atoms with Crippen LogP contribution in [0.5, 0.6) is 0 Å². The molecule has 0 fully saturated rings. The van der Waals surface area contributed by atoms with E-state index >= 15 is 0 Å². The first kappa shape index (κ1) is 21.3. The topological polar surface area (TPSA) is 78.3 Å². The molecule has 0 radical (unpaired) electrons. The Hall–Kier alpha value is -1.97. The Balaban J connectivity index is 1.99. The molecule has 2 aromatic rings. The van der Waals surface area contributed by atoms with E-state index < -0.39 is 18.9 Å². The quantitative estimate of drug-likeness (QED) is 0.560. The molecule has 2 aromatic carbocycles. The molecule has 2 atom stereocenters. The Labute approximate surface area is 162 Å². The zero-order valence-electron chi connectivity index (χ0n) is 15.8. The van der Waals surface area contributed by atoms with Crippen molar-refractivity contribution >= 4 is 19.5 Å². The van der Waals surface area contributed by atoms with Gasteiger partial charge in [-0.25, -0.2) is 0 Å². The van der Waals surface area contributed by atoms with Crippen LogP contribution in [0, 0.1) is 0 Å². The minimum absolute atomic E-state index is 0.323. The fourth-order valence-corrected chi connectivity index (χ4v) is 4.86. The van der Waals surface area contributed by atoms with Gasteiger partial charge in [0.15, 0.2) is 0 Å². The Morgan fingerprint density at radius 2 is 1.26 bits per heavy atom. The zero-order valence-corrected chi connectivity index (χ0v) is 16.7. The molecule has 27 heavy (non-hydrogen) atoms. The number of nitrogens with two attached hydrogens (primary N) is 2. The second-order valence-corrected chi connectivity index (χ2v) is 9.17. The molecule has 0 amide bonds. The van der Waals surface area contributed by atoms with Crippen molar-refractivity contribution in [3.63, 3.8) is 0 Å². The van der Waals surface area contributed by atoms with E-state index in [9.17, 15) is 4.57 Å². The van der Waals surface area contributed by atoms with E-state index in [1.807, 2.05) is 91.9 Å².